The van der Waals surface area contributed by atoms with Gasteiger partial charge >= 0.3 is 29.2 Å². The number of hydrogen-bond acceptors (Lipinski definition) is 14. The first-order chi connectivity index (χ1) is 16.5. The fourth-order valence-electron chi connectivity index (χ4n) is 3.08. The highest BCUT2D eigenvalue weighted by atomic mass is 31.3. The van der Waals surface area contributed by atoms with Crippen molar-refractivity contribution in [2.24, 2.45) is 7.05 Å². The smallest absolute Gasteiger partial charge is 0.387 e. The Balaban J connectivity index is 1.73. The zero-order valence-corrected chi connectivity index (χ0v) is 20.7. The van der Waals surface area contributed by atoms with Gasteiger partial charge in [-0.15, -0.1) is 5.10 Å². The van der Waals surface area contributed by atoms with Gasteiger partial charge in [0.25, 0.3) is 0 Å². The molecule has 3 heterocycles. The number of ether oxygens (including phenoxy) is 1. The highest BCUT2D eigenvalue weighted by molar-refractivity contribution is 7.66. The van der Waals surface area contributed by atoms with E-state index in [-0.39, 0.29) is 17.8 Å². The van der Waals surface area contributed by atoms with Gasteiger partial charge in [0.05, 0.1) is 12.3 Å². The van der Waals surface area contributed by atoms with Crippen molar-refractivity contribution in [3.8, 4) is 0 Å². The van der Waals surface area contributed by atoms with Crippen LogP contribution in [0.3, 0.4) is 0 Å². The second-order valence-electron chi connectivity index (χ2n) is 7.33. The minimum atomic E-state index is -5.76. The standard InChI is InChI=1S/C13H21N6O14P3/c1-18-4-7(16-17-18)2-6-3-19(13(22)15-11(6)14)12-10(21)9(20)8(31-12)5-30-35(26,27)33-36(28,29)32-34(23,24)25/h3-4,8-10,12,20-21H,2,5H2,1H3,(H,26,27)(H,28,29)(H2,14,15,22)(H2,23,24,25)/t8-,9?,10+,12-/m1/s1. The molecule has 0 radical (unpaired) electrons. The molecule has 1 fully saturated rings. The lowest BCUT2D eigenvalue weighted by Crippen LogP contribution is -2.36. The summed E-state index contributed by atoms with van der Waals surface area (Å²) in [6, 6.07) is 0. The van der Waals surface area contributed by atoms with Crippen molar-refractivity contribution >= 4 is 29.3 Å². The van der Waals surface area contributed by atoms with E-state index >= 15 is 0 Å². The van der Waals surface area contributed by atoms with E-state index in [1.807, 2.05) is 0 Å². The maximum absolute atomic E-state index is 12.4. The first kappa shape index (κ1) is 28.7. The molecule has 0 aliphatic carbocycles. The quantitative estimate of drug-likeness (QED) is 0.143. The molecule has 8 N–H and O–H groups in total. The van der Waals surface area contributed by atoms with Gasteiger partial charge in [0.15, 0.2) is 6.23 Å². The Kier molecular flexibility index (Phi) is 8.34. The summed E-state index contributed by atoms with van der Waals surface area (Å²) in [6.45, 7) is -1.05. The van der Waals surface area contributed by atoms with Crippen molar-refractivity contribution in [1.82, 2.24) is 24.5 Å². The van der Waals surface area contributed by atoms with E-state index in [4.69, 9.17) is 25.2 Å². The number of aliphatic hydroxyl groups is 2. The minimum absolute atomic E-state index is 0.0911. The Bertz CT molecular complexity index is 1310. The van der Waals surface area contributed by atoms with Crippen LogP contribution in [0, 0.1) is 0 Å². The molecule has 20 nitrogen and oxygen atoms in total. The molecule has 0 bridgehead atoms. The summed E-state index contributed by atoms with van der Waals surface area (Å²) in [7, 11) is -15.2. The van der Waals surface area contributed by atoms with E-state index in [2.05, 4.69) is 28.4 Å². The maximum atomic E-state index is 12.4. The van der Waals surface area contributed by atoms with Crippen molar-refractivity contribution in [2.75, 3.05) is 12.3 Å². The maximum Gasteiger partial charge on any atom is 0.490 e. The number of aromatic nitrogens is 5. The monoisotopic (exact) mass is 578 g/mol. The summed E-state index contributed by atoms with van der Waals surface area (Å²) in [5.74, 6) is -0.140. The van der Waals surface area contributed by atoms with Gasteiger partial charge in [-0.1, -0.05) is 5.21 Å². The summed E-state index contributed by atoms with van der Waals surface area (Å²) < 4.78 is 53.1. The molecule has 1 aliphatic rings. The van der Waals surface area contributed by atoms with E-state index in [0.717, 1.165) is 4.57 Å². The second-order valence-corrected chi connectivity index (χ2v) is 11.8. The third-order valence-electron chi connectivity index (χ3n) is 4.51. The molecular formula is C13H21N6O14P3. The van der Waals surface area contributed by atoms with E-state index in [0.29, 0.717) is 5.69 Å². The molecule has 2 aromatic heterocycles. The molecule has 1 saturated heterocycles. The number of hydrogen-bond donors (Lipinski definition) is 7. The van der Waals surface area contributed by atoms with Crippen LogP contribution in [-0.2, 0) is 45.0 Å². The third-order valence-corrected chi connectivity index (χ3v) is 8.31. The molecule has 3 rings (SSSR count). The van der Waals surface area contributed by atoms with Crippen molar-refractivity contribution < 1.29 is 61.4 Å². The van der Waals surface area contributed by atoms with E-state index in [1.54, 1.807) is 13.2 Å². The number of anilines is 1. The predicted octanol–water partition coefficient (Wildman–Crippen LogP) is -2.49. The molecule has 0 aromatic carbocycles. The van der Waals surface area contributed by atoms with Crippen LogP contribution in [0.15, 0.2) is 17.2 Å². The van der Waals surface area contributed by atoms with Gasteiger partial charge in [-0.2, -0.15) is 13.6 Å². The third kappa shape index (κ3) is 7.33. The average molecular weight is 578 g/mol. The first-order valence-electron chi connectivity index (χ1n) is 9.49. The predicted molar refractivity (Wildman–Crippen MR) is 112 cm³/mol. The molecule has 0 amide bonds. The van der Waals surface area contributed by atoms with Crippen LogP contribution < -0.4 is 11.4 Å². The number of nitrogens with two attached hydrogens (primary N) is 1. The highest BCUT2D eigenvalue weighted by Gasteiger charge is 2.47. The highest BCUT2D eigenvalue weighted by Crippen LogP contribution is 2.66. The van der Waals surface area contributed by atoms with Crippen LogP contribution in [0.2, 0.25) is 0 Å². The zero-order chi connectivity index (χ0) is 27.1. The van der Waals surface area contributed by atoms with Gasteiger partial charge in [0.2, 0.25) is 0 Å². The van der Waals surface area contributed by atoms with Crippen LogP contribution in [0.25, 0.3) is 0 Å². The van der Waals surface area contributed by atoms with Gasteiger partial charge in [-0.05, 0) is 0 Å². The average Bonchev–Trinajstić information content (AvgIpc) is 3.23. The Morgan fingerprint density at radius 3 is 2.33 bits per heavy atom. The van der Waals surface area contributed by atoms with Crippen LogP contribution in [0.5, 0.6) is 0 Å². The van der Waals surface area contributed by atoms with Gasteiger partial charge < -0.3 is 40.3 Å². The summed E-state index contributed by atoms with van der Waals surface area (Å²) in [5.41, 5.74) is 5.58. The molecule has 6 atom stereocenters. The van der Waals surface area contributed by atoms with Crippen molar-refractivity contribution in [1.29, 1.82) is 0 Å². The summed E-state index contributed by atoms with van der Waals surface area (Å²) >= 11 is 0. The molecule has 202 valence electrons. The Labute approximate surface area is 200 Å². The van der Waals surface area contributed by atoms with Crippen molar-refractivity contribution in [2.45, 2.75) is 31.0 Å². The first-order valence-corrected chi connectivity index (χ1v) is 14.0. The normalized spacial score (nSPS) is 26.0. The molecule has 3 unspecified atom stereocenters. The zero-order valence-electron chi connectivity index (χ0n) is 18.0. The van der Waals surface area contributed by atoms with Gasteiger partial charge in [0, 0.05) is 31.4 Å². The fraction of sp³-hybridized carbons (Fsp3) is 0.538. The molecule has 36 heavy (non-hydrogen) atoms. The van der Waals surface area contributed by atoms with E-state index in [1.165, 1.54) is 10.9 Å². The topological polar surface area (TPSA) is 301 Å². The van der Waals surface area contributed by atoms with Gasteiger partial charge in [-0.3, -0.25) is 13.8 Å². The number of aryl methyl sites for hydroxylation is 1. The summed E-state index contributed by atoms with van der Waals surface area (Å²) in [6.07, 6.45) is -3.89. The molecule has 2 aromatic rings. The second kappa shape index (κ2) is 10.5. The number of rotatable bonds is 10. The van der Waals surface area contributed by atoms with Gasteiger partial charge in [-0.25, -0.2) is 18.5 Å². The minimum Gasteiger partial charge on any atom is -0.387 e. The Morgan fingerprint density at radius 1 is 1.08 bits per heavy atom. The van der Waals surface area contributed by atoms with Crippen LogP contribution >= 0.6 is 23.5 Å². The van der Waals surface area contributed by atoms with Crippen LogP contribution in [0.1, 0.15) is 17.5 Å². The number of phosphoric acid groups is 3. The number of aliphatic hydroxyl groups excluding tert-OH is 2. The molecule has 0 saturated carbocycles. The SMILES string of the molecule is Cn1cc(Cc2cn([C@@H]3O[C@H](COP(=O)(O)OP(=O)(O)OP(=O)(O)O)C(O)[C@@H]3O)c(=O)nc2N)nn1. The molecule has 0 spiro atoms. The number of nitrogen functional groups attached to an aromatic ring is 1. The summed E-state index contributed by atoms with van der Waals surface area (Å²) in [5, 5.41) is 28.3. The number of nitrogens with zero attached hydrogens (tertiary/aromatic N) is 5. The van der Waals surface area contributed by atoms with Gasteiger partial charge in [0.1, 0.15) is 24.1 Å². The molecular weight excluding hydrogens is 557 g/mol. The lowest BCUT2D eigenvalue weighted by Gasteiger charge is -2.19. The largest absolute Gasteiger partial charge is 0.490 e. The lowest BCUT2D eigenvalue weighted by molar-refractivity contribution is -0.0542. The Hall–Kier alpha value is -1.89. The molecule has 1 aliphatic heterocycles. The summed E-state index contributed by atoms with van der Waals surface area (Å²) in [4.78, 5) is 51.8. The number of phosphoric ester groups is 1. The van der Waals surface area contributed by atoms with Crippen molar-refractivity contribution in [3.63, 3.8) is 0 Å². The van der Waals surface area contributed by atoms with Crippen molar-refractivity contribution in [3.05, 3.63) is 34.1 Å². The van der Waals surface area contributed by atoms with Crippen LogP contribution in [-0.4, -0.2) is 79.3 Å². The van der Waals surface area contributed by atoms with E-state index < -0.39 is 60.3 Å². The Morgan fingerprint density at radius 2 is 1.75 bits per heavy atom. The van der Waals surface area contributed by atoms with Crippen LogP contribution in [0.4, 0.5) is 5.82 Å². The fourth-order valence-corrected chi connectivity index (χ4v) is 6.11. The lowest BCUT2D eigenvalue weighted by atomic mass is 10.1. The van der Waals surface area contributed by atoms with E-state index in [9.17, 15) is 33.6 Å². The molecule has 23 heteroatoms.